The van der Waals surface area contributed by atoms with Crippen LogP contribution in [0.15, 0.2) is 59.5 Å². The topological polar surface area (TPSA) is 94.6 Å². The van der Waals surface area contributed by atoms with E-state index in [4.69, 9.17) is 4.18 Å². The molecule has 0 heterocycles. The number of Topliss-reactive ketones (excluding diaryl/α,β-unsaturated/α-hetero) is 1. The summed E-state index contributed by atoms with van der Waals surface area (Å²) in [4.78, 5) is 39.0. The average molecular weight is 475 g/mol. The van der Waals surface area contributed by atoms with Crippen LogP contribution in [-0.2, 0) is 27.8 Å². The molecule has 0 N–H and O–H groups in total. The summed E-state index contributed by atoms with van der Waals surface area (Å²) in [5.41, 5.74) is 2.68. The molecule has 1 atom stereocenters. The number of carbonyl (C=O) groups is 3. The van der Waals surface area contributed by atoms with E-state index in [9.17, 15) is 22.8 Å². The van der Waals surface area contributed by atoms with E-state index in [1.54, 1.807) is 42.5 Å². The summed E-state index contributed by atoms with van der Waals surface area (Å²) in [7, 11) is -4.30. The van der Waals surface area contributed by atoms with Gasteiger partial charge in [0.25, 0.3) is 0 Å². The van der Waals surface area contributed by atoms with Crippen LogP contribution in [0.1, 0.15) is 61.9 Å². The van der Waals surface area contributed by atoms with Crippen LogP contribution < -0.4 is 4.18 Å². The number of hydrogen-bond donors (Lipinski definition) is 0. The van der Waals surface area contributed by atoms with Crippen molar-refractivity contribution in [1.29, 1.82) is 0 Å². The lowest BCUT2D eigenvalue weighted by molar-refractivity contribution is -0.121. The van der Waals surface area contributed by atoms with E-state index in [0.29, 0.717) is 18.4 Å². The maximum absolute atomic E-state index is 13.5. The summed E-state index contributed by atoms with van der Waals surface area (Å²) in [6, 6.07) is 14.3. The van der Waals surface area contributed by atoms with Crippen molar-refractivity contribution in [2.24, 2.45) is 5.92 Å². The molecule has 0 radical (unpaired) electrons. The Bertz CT molecular complexity index is 1480. The van der Waals surface area contributed by atoms with E-state index in [0.717, 1.165) is 11.1 Å². The van der Waals surface area contributed by atoms with Gasteiger partial charge in [0.15, 0.2) is 17.3 Å². The van der Waals surface area contributed by atoms with Crippen molar-refractivity contribution in [3.8, 4) is 5.75 Å². The van der Waals surface area contributed by atoms with Crippen LogP contribution >= 0.6 is 0 Å². The third-order valence-electron chi connectivity index (χ3n) is 6.65. The summed E-state index contributed by atoms with van der Waals surface area (Å²) in [6.07, 6.45) is 1.32. The molecule has 0 spiro atoms. The lowest BCUT2D eigenvalue weighted by atomic mass is 9.76. The van der Waals surface area contributed by atoms with E-state index < -0.39 is 15.9 Å². The summed E-state index contributed by atoms with van der Waals surface area (Å²) < 4.78 is 32.2. The van der Waals surface area contributed by atoms with Gasteiger partial charge in [0, 0.05) is 28.2 Å². The highest BCUT2D eigenvalue weighted by Crippen LogP contribution is 2.42. The van der Waals surface area contributed by atoms with Gasteiger partial charge < -0.3 is 4.18 Å². The van der Waals surface area contributed by atoms with Crippen molar-refractivity contribution in [2.75, 3.05) is 0 Å². The molecule has 1 unspecified atom stereocenters. The lowest BCUT2D eigenvalue weighted by Gasteiger charge is -2.29. The Hall–Kier alpha value is -3.58. The Morgan fingerprint density at radius 3 is 2.24 bits per heavy atom. The zero-order chi connectivity index (χ0) is 24.2. The second-order valence-corrected chi connectivity index (χ2v) is 10.4. The minimum absolute atomic E-state index is 0.0107. The largest absolute Gasteiger partial charge is 0.378 e. The molecule has 0 aromatic heterocycles. The first kappa shape index (κ1) is 22.2. The minimum atomic E-state index is -4.30. The summed E-state index contributed by atoms with van der Waals surface area (Å²) in [5, 5.41) is 0. The molecule has 2 aliphatic carbocycles. The zero-order valence-electron chi connectivity index (χ0n) is 18.8. The average Bonchev–Trinajstić information content (AvgIpc) is 2.82. The molecule has 7 heteroatoms. The quantitative estimate of drug-likeness (QED) is 0.411. The van der Waals surface area contributed by atoms with Gasteiger partial charge in [0.2, 0.25) is 0 Å². The number of ketones is 3. The maximum atomic E-state index is 13.5. The highest BCUT2D eigenvalue weighted by Gasteiger charge is 2.38. The zero-order valence-corrected chi connectivity index (χ0v) is 19.6. The SMILES string of the molecule is CC(=O)C1CCc2cc3c(c(OS(=O)(=O)c4ccc(C)cc4)c2C1)C(=O)c1ccccc1C3=O. The molecule has 0 saturated heterocycles. The smallest absolute Gasteiger partial charge is 0.339 e. The van der Waals surface area contributed by atoms with Gasteiger partial charge in [-0.05, 0) is 56.9 Å². The second kappa shape index (κ2) is 8.02. The molecule has 0 amide bonds. The van der Waals surface area contributed by atoms with Crippen molar-refractivity contribution >= 4 is 27.5 Å². The first-order chi connectivity index (χ1) is 16.2. The van der Waals surface area contributed by atoms with Crippen molar-refractivity contribution < 1.29 is 27.0 Å². The van der Waals surface area contributed by atoms with E-state index >= 15 is 0 Å². The van der Waals surface area contributed by atoms with Gasteiger partial charge in [-0.25, -0.2) is 0 Å². The number of carbonyl (C=O) groups excluding carboxylic acids is 3. The molecule has 0 aliphatic heterocycles. The Balaban J connectivity index is 1.74. The number of aryl methyl sites for hydroxylation is 2. The first-order valence-electron chi connectivity index (χ1n) is 11.1. The standard InChI is InChI=1S/C27H22O6S/c1-15-7-11-19(12-8-15)34(31,32)33-27-22-13-17(16(2)28)9-10-18(22)14-23-24(27)26(30)21-6-4-3-5-20(21)25(23)29/h3-8,11-12,14,17H,9-10,13H2,1-2H3. The summed E-state index contributed by atoms with van der Waals surface area (Å²) in [6.45, 7) is 3.34. The second-order valence-electron chi connectivity index (χ2n) is 8.87. The number of hydrogen-bond acceptors (Lipinski definition) is 6. The highest BCUT2D eigenvalue weighted by atomic mass is 32.2. The molecule has 34 heavy (non-hydrogen) atoms. The van der Waals surface area contributed by atoms with Gasteiger partial charge in [-0.15, -0.1) is 0 Å². The Labute approximate surface area is 197 Å². The Morgan fingerprint density at radius 1 is 0.941 bits per heavy atom. The van der Waals surface area contributed by atoms with Crippen LogP contribution in [-0.4, -0.2) is 25.8 Å². The molecular formula is C27H22O6S. The predicted molar refractivity (Wildman–Crippen MR) is 125 cm³/mol. The molecular weight excluding hydrogens is 452 g/mol. The monoisotopic (exact) mass is 474 g/mol. The first-order valence-corrected chi connectivity index (χ1v) is 12.5. The van der Waals surface area contributed by atoms with Crippen LogP contribution in [0.5, 0.6) is 5.75 Å². The van der Waals surface area contributed by atoms with Crippen LogP contribution in [0.3, 0.4) is 0 Å². The highest BCUT2D eigenvalue weighted by molar-refractivity contribution is 7.87. The lowest BCUT2D eigenvalue weighted by Crippen LogP contribution is -2.27. The number of benzene rings is 3. The van der Waals surface area contributed by atoms with Crippen LogP contribution in [0.4, 0.5) is 0 Å². The third-order valence-corrected chi connectivity index (χ3v) is 7.89. The third kappa shape index (κ3) is 3.56. The number of fused-ring (bicyclic) bond motifs is 3. The molecule has 5 rings (SSSR count). The van der Waals surface area contributed by atoms with Gasteiger partial charge in [-0.3, -0.25) is 14.4 Å². The van der Waals surface area contributed by atoms with E-state index in [-0.39, 0.29) is 56.8 Å². The molecule has 0 bridgehead atoms. The molecule has 6 nitrogen and oxygen atoms in total. The van der Waals surface area contributed by atoms with E-state index in [1.165, 1.54) is 19.1 Å². The fourth-order valence-electron chi connectivity index (χ4n) is 4.74. The summed E-state index contributed by atoms with van der Waals surface area (Å²) >= 11 is 0. The van der Waals surface area contributed by atoms with Crippen LogP contribution in [0.2, 0.25) is 0 Å². The van der Waals surface area contributed by atoms with Gasteiger partial charge in [0.1, 0.15) is 10.7 Å². The minimum Gasteiger partial charge on any atom is -0.378 e. The molecule has 0 fully saturated rings. The Kier molecular flexibility index (Phi) is 5.24. The molecule has 2 aliphatic rings. The molecule has 3 aromatic carbocycles. The van der Waals surface area contributed by atoms with Crippen molar-refractivity contribution in [1.82, 2.24) is 0 Å². The van der Waals surface area contributed by atoms with E-state index in [1.807, 2.05) is 6.92 Å². The molecule has 3 aromatic rings. The van der Waals surface area contributed by atoms with Crippen LogP contribution in [0.25, 0.3) is 0 Å². The van der Waals surface area contributed by atoms with E-state index in [2.05, 4.69) is 0 Å². The summed E-state index contributed by atoms with van der Waals surface area (Å²) in [5.74, 6) is -1.27. The van der Waals surface area contributed by atoms with Crippen molar-refractivity contribution in [3.63, 3.8) is 0 Å². The fourth-order valence-corrected chi connectivity index (χ4v) is 5.71. The molecule has 0 saturated carbocycles. The van der Waals surface area contributed by atoms with Gasteiger partial charge in [-0.2, -0.15) is 8.42 Å². The number of rotatable bonds is 4. The van der Waals surface area contributed by atoms with Gasteiger partial charge >= 0.3 is 10.1 Å². The van der Waals surface area contributed by atoms with Gasteiger partial charge in [0.05, 0.1) is 5.56 Å². The van der Waals surface area contributed by atoms with Crippen molar-refractivity contribution in [2.45, 2.75) is 38.0 Å². The van der Waals surface area contributed by atoms with Gasteiger partial charge in [-0.1, -0.05) is 42.0 Å². The Morgan fingerprint density at radius 2 is 1.59 bits per heavy atom. The molecule has 172 valence electrons. The maximum Gasteiger partial charge on any atom is 0.339 e. The predicted octanol–water partition coefficient (Wildman–Crippen LogP) is 4.23. The van der Waals surface area contributed by atoms with Crippen LogP contribution in [0, 0.1) is 12.8 Å². The fraction of sp³-hybridized carbons (Fsp3) is 0.222. The normalized spacial score (nSPS) is 16.9. The van der Waals surface area contributed by atoms with Crippen molar-refractivity contribution in [3.05, 3.63) is 93.5 Å².